The molecule has 3 aromatic rings. The Bertz CT molecular complexity index is 1040. The number of nitrogens with one attached hydrogen (secondary N) is 1. The first-order valence-electron chi connectivity index (χ1n) is 11.2. The van der Waals surface area contributed by atoms with E-state index < -0.39 is 0 Å². The molecule has 4 rings (SSSR count). The second-order valence-electron chi connectivity index (χ2n) is 8.42. The van der Waals surface area contributed by atoms with Gasteiger partial charge in [-0.1, -0.05) is 18.2 Å². The van der Waals surface area contributed by atoms with Gasteiger partial charge in [0, 0.05) is 41.6 Å². The number of benzene rings is 1. The fraction of sp³-hybridized carbons (Fsp3) is 0.385. The number of halogens is 2. The molecule has 1 aliphatic rings. The third-order valence-electron chi connectivity index (χ3n) is 6.40. The SMILES string of the molecule is CNC1CCC(N(Cc2cc(-c3ccc(C)nc3)ccc2OC)C(=O)c2cccs2)CC1.Cl.Cl. The molecule has 0 spiro atoms. The zero-order valence-corrected chi connectivity index (χ0v) is 22.3. The van der Waals surface area contributed by atoms with Crippen LogP contribution < -0.4 is 10.1 Å². The summed E-state index contributed by atoms with van der Waals surface area (Å²) in [5.41, 5.74) is 4.15. The van der Waals surface area contributed by atoms with E-state index in [0.717, 1.165) is 58.7 Å². The average molecular weight is 523 g/mol. The third-order valence-corrected chi connectivity index (χ3v) is 7.26. The number of amides is 1. The average Bonchev–Trinajstić information content (AvgIpc) is 3.38. The Kier molecular flexibility index (Phi) is 10.8. The molecule has 1 aromatic carbocycles. The first kappa shape index (κ1) is 28.1. The number of thiophene rings is 1. The van der Waals surface area contributed by atoms with Crippen molar-refractivity contribution >= 4 is 42.1 Å². The number of carbonyl (C=O) groups is 1. The molecule has 2 heterocycles. The van der Waals surface area contributed by atoms with Crippen LogP contribution in [-0.2, 0) is 6.54 Å². The number of carbonyl (C=O) groups excluding carboxylic acids is 1. The van der Waals surface area contributed by atoms with Crippen LogP contribution >= 0.6 is 36.2 Å². The van der Waals surface area contributed by atoms with Gasteiger partial charge in [0.25, 0.3) is 5.91 Å². The van der Waals surface area contributed by atoms with Crippen molar-refractivity contribution in [3.8, 4) is 16.9 Å². The van der Waals surface area contributed by atoms with Gasteiger partial charge in [0.05, 0.1) is 12.0 Å². The van der Waals surface area contributed by atoms with Crippen molar-refractivity contribution in [1.29, 1.82) is 0 Å². The summed E-state index contributed by atoms with van der Waals surface area (Å²) >= 11 is 1.51. The van der Waals surface area contributed by atoms with Gasteiger partial charge >= 0.3 is 0 Å². The van der Waals surface area contributed by atoms with Crippen LogP contribution in [0.5, 0.6) is 5.75 Å². The number of nitrogens with zero attached hydrogens (tertiary/aromatic N) is 2. The van der Waals surface area contributed by atoms with Gasteiger partial charge in [0.15, 0.2) is 0 Å². The van der Waals surface area contributed by atoms with Crippen LogP contribution in [0.15, 0.2) is 54.0 Å². The maximum absolute atomic E-state index is 13.5. The monoisotopic (exact) mass is 521 g/mol. The van der Waals surface area contributed by atoms with E-state index in [1.165, 1.54) is 11.3 Å². The molecule has 8 heteroatoms. The van der Waals surface area contributed by atoms with E-state index in [1.807, 2.05) is 49.8 Å². The minimum absolute atomic E-state index is 0. The van der Waals surface area contributed by atoms with Crippen LogP contribution in [-0.4, -0.2) is 42.0 Å². The number of rotatable bonds is 7. The van der Waals surface area contributed by atoms with Gasteiger partial charge in [0.1, 0.15) is 5.75 Å². The Morgan fingerprint density at radius 2 is 1.85 bits per heavy atom. The first-order chi connectivity index (χ1) is 15.6. The van der Waals surface area contributed by atoms with Crippen molar-refractivity contribution in [3.05, 3.63) is 70.2 Å². The Morgan fingerprint density at radius 3 is 2.44 bits per heavy atom. The van der Waals surface area contributed by atoms with Crippen molar-refractivity contribution in [3.63, 3.8) is 0 Å². The summed E-state index contributed by atoms with van der Waals surface area (Å²) in [4.78, 5) is 20.8. The van der Waals surface area contributed by atoms with Crippen LogP contribution in [0.2, 0.25) is 0 Å². The lowest BCUT2D eigenvalue weighted by atomic mass is 9.89. The second kappa shape index (κ2) is 13.1. The molecule has 2 aromatic heterocycles. The maximum atomic E-state index is 13.5. The molecule has 1 N–H and O–H groups in total. The molecule has 1 saturated carbocycles. The topological polar surface area (TPSA) is 54.5 Å². The van der Waals surface area contributed by atoms with Crippen molar-refractivity contribution in [1.82, 2.24) is 15.2 Å². The highest BCUT2D eigenvalue weighted by atomic mass is 35.5. The van der Waals surface area contributed by atoms with Crippen molar-refractivity contribution < 1.29 is 9.53 Å². The largest absolute Gasteiger partial charge is 0.496 e. The number of hydrogen-bond donors (Lipinski definition) is 1. The Balaban J connectivity index is 0.00000204. The Labute approximate surface area is 218 Å². The Morgan fingerprint density at radius 1 is 1.12 bits per heavy atom. The molecule has 0 aliphatic heterocycles. The lowest BCUT2D eigenvalue weighted by molar-refractivity contribution is 0.0604. The molecule has 5 nitrogen and oxygen atoms in total. The number of hydrogen-bond acceptors (Lipinski definition) is 5. The van der Waals surface area contributed by atoms with E-state index in [1.54, 1.807) is 7.11 Å². The number of ether oxygens (including phenoxy) is 1. The van der Waals surface area contributed by atoms with E-state index >= 15 is 0 Å². The molecule has 1 aliphatic carbocycles. The molecule has 0 saturated heterocycles. The predicted octanol–water partition coefficient (Wildman–Crippen LogP) is 6.14. The van der Waals surface area contributed by atoms with E-state index in [4.69, 9.17) is 4.74 Å². The zero-order chi connectivity index (χ0) is 22.5. The summed E-state index contributed by atoms with van der Waals surface area (Å²) in [6.45, 7) is 2.52. The van der Waals surface area contributed by atoms with Gasteiger partial charge in [-0.2, -0.15) is 0 Å². The van der Waals surface area contributed by atoms with Crippen LogP contribution in [0.3, 0.4) is 0 Å². The predicted molar refractivity (Wildman–Crippen MR) is 145 cm³/mol. The third kappa shape index (κ3) is 6.51. The first-order valence-corrected chi connectivity index (χ1v) is 12.1. The van der Waals surface area contributed by atoms with E-state index in [0.29, 0.717) is 12.6 Å². The van der Waals surface area contributed by atoms with Crippen LogP contribution in [0.1, 0.15) is 46.6 Å². The van der Waals surface area contributed by atoms with Gasteiger partial charge < -0.3 is 15.0 Å². The molecular weight excluding hydrogens is 489 g/mol. The maximum Gasteiger partial charge on any atom is 0.264 e. The standard InChI is InChI=1S/C26H31N3O2S.2ClH/c1-18-6-7-20(16-28-18)19-8-13-24(31-3)21(15-19)17-29(26(30)25-5-4-14-32-25)23-11-9-22(27-2)10-12-23;;/h4-8,13-16,22-23,27H,9-12,17H2,1-3H3;2*1H. The molecule has 0 unspecified atom stereocenters. The smallest absolute Gasteiger partial charge is 0.264 e. The van der Waals surface area contributed by atoms with Crippen LogP contribution in [0.25, 0.3) is 11.1 Å². The zero-order valence-electron chi connectivity index (χ0n) is 19.8. The molecule has 0 radical (unpaired) electrons. The van der Waals surface area contributed by atoms with E-state index in [2.05, 4.69) is 33.4 Å². The summed E-state index contributed by atoms with van der Waals surface area (Å²) in [6.07, 6.45) is 6.08. The summed E-state index contributed by atoms with van der Waals surface area (Å²) in [6, 6.07) is 14.9. The minimum atomic E-state index is 0. The van der Waals surface area contributed by atoms with Gasteiger partial charge in [-0.05, 0) is 74.9 Å². The molecule has 34 heavy (non-hydrogen) atoms. The molecule has 1 fully saturated rings. The van der Waals surface area contributed by atoms with Crippen molar-refractivity contribution in [2.75, 3.05) is 14.2 Å². The summed E-state index contributed by atoms with van der Waals surface area (Å²) in [5.74, 6) is 0.916. The summed E-state index contributed by atoms with van der Waals surface area (Å²) in [7, 11) is 3.71. The van der Waals surface area contributed by atoms with Gasteiger partial charge in [0.2, 0.25) is 0 Å². The second-order valence-corrected chi connectivity index (χ2v) is 9.37. The molecule has 0 atom stereocenters. The van der Waals surface area contributed by atoms with Gasteiger partial charge in [-0.25, -0.2) is 0 Å². The van der Waals surface area contributed by atoms with Crippen LogP contribution in [0.4, 0.5) is 0 Å². The fourth-order valence-corrected chi connectivity index (χ4v) is 5.17. The highest BCUT2D eigenvalue weighted by Gasteiger charge is 2.30. The fourth-order valence-electron chi connectivity index (χ4n) is 4.49. The quantitative estimate of drug-likeness (QED) is 0.405. The molecule has 0 bridgehead atoms. The number of aromatic nitrogens is 1. The summed E-state index contributed by atoms with van der Waals surface area (Å²) < 4.78 is 5.69. The van der Waals surface area contributed by atoms with Crippen LogP contribution in [0, 0.1) is 6.92 Å². The van der Waals surface area contributed by atoms with Gasteiger partial charge in [-0.3, -0.25) is 9.78 Å². The normalized spacial score (nSPS) is 17.3. The number of methoxy groups -OCH3 is 1. The van der Waals surface area contributed by atoms with E-state index in [9.17, 15) is 4.79 Å². The Hall–Kier alpha value is -2.12. The lowest BCUT2D eigenvalue weighted by Gasteiger charge is -2.37. The summed E-state index contributed by atoms with van der Waals surface area (Å²) in [5, 5.41) is 5.36. The van der Waals surface area contributed by atoms with Crippen molar-refractivity contribution in [2.24, 2.45) is 0 Å². The van der Waals surface area contributed by atoms with E-state index in [-0.39, 0.29) is 36.8 Å². The lowest BCUT2D eigenvalue weighted by Crippen LogP contribution is -2.44. The number of aryl methyl sites for hydroxylation is 1. The molecular formula is C26H33Cl2N3O2S. The minimum Gasteiger partial charge on any atom is -0.496 e. The van der Waals surface area contributed by atoms with Crippen molar-refractivity contribution in [2.45, 2.75) is 51.2 Å². The highest BCUT2D eigenvalue weighted by molar-refractivity contribution is 7.12. The number of pyridine rings is 1. The molecule has 184 valence electrons. The highest BCUT2D eigenvalue weighted by Crippen LogP contribution is 2.31. The van der Waals surface area contributed by atoms with Gasteiger partial charge in [-0.15, -0.1) is 36.2 Å². The molecule has 1 amide bonds.